The average Bonchev–Trinajstić information content (AvgIpc) is 2.79. The van der Waals surface area contributed by atoms with Crippen molar-refractivity contribution in [1.82, 2.24) is 15.0 Å². The summed E-state index contributed by atoms with van der Waals surface area (Å²) in [6.07, 6.45) is -4.62. The third-order valence-corrected chi connectivity index (χ3v) is 2.89. The third-order valence-electron chi connectivity index (χ3n) is 2.26. The molecule has 9 heteroatoms. The largest absolute Gasteiger partial charge is 0.451 e. The quantitative estimate of drug-likeness (QED) is 0.938. The SMILES string of the molecule is CN(Cc1cscn1)c1cc(N)nc(C(F)(F)F)n1. The molecule has 0 aromatic carbocycles. The molecule has 0 saturated heterocycles. The Labute approximate surface area is 110 Å². The number of anilines is 2. The van der Waals surface area contributed by atoms with Crippen molar-refractivity contribution in [1.29, 1.82) is 0 Å². The van der Waals surface area contributed by atoms with Gasteiger partial charge in [-0.3, -0.25) is 0 Å². The molecule has 2 heterocycles. The Morgan fingerprint density at radius 3 is 2.68 bits per heavy atom. The van der Waals surface area contributed by atoms with Gasteiger partial charge in [-0.05, 0) is 0 Å². The first-order chi connectivity index (χ1) is 8.86. The van der Waals surface area contributed by atoms with E-state index >= 15 is 0 Å². The number of nitrogen functional groups attached to an aromatic ring is 1. The molecule has 0 saturated carbocycles. The van der Waals surface area contributed by atoms with Gasteiger partial charge in [0.2, 0.25) is 5.82 Å². The first kappa shape index (κ1) is 13.5. The van der Waals surface area contributed by atoms with Crippen molar-refractivity contribution in [2.45, 2.75) is 12.7 Å². The fourth-order valence-electron chi connectivity index (χ4n) is 1.41. The highest BCUT2D eigenvalue weighted by Crippen LogP contribution is 2.28. The van der Waals surface area contributed by atoms with Crippen LogP contribution in [0.2, 0.25) is 0 Å². The fraction of sp³-hybridized carbons (Fsp3) is 0.300. The summed E-state index contributed by atoms with van der Waals surface area (Å²) in [5.41, 5.74) is 7.78. The van der Waals surface area contributed by atoms with Crippen LogP contribution < -0.4 is 10.6 Å². The van der Waals surface area contributed by atoms with Crippen LogP contribution in [0.1, 0.15) is 11.5 Å². The van der Waals surface area contributed by atoms with Crippen molar-refractivity contribution in [3.63, 3.8) is 0 Å². The van der Waals surface area contributed by atoms with E-state index in [1.165, 1.54) is 22.3 Å². The lowest BCUT2D eigenvalue weighted by Gasteiger charge is -2.18. The van der Waals surface area contributed by atoms with E-state index in [9.17, 15) is 13.2 Å². The minimum Gasteiger partial charge on any atom is -0.384 e. The summed E-state index contributed by atoms with van der Waals surface area (Å²) in [4.78, 5) is 12.2. The van der Waals surface area contributed by atoms with Gasteiger partial charge in [0.05, 0.1) is 17.7 Å². The molecule has 102 valence electrons. The van der Waals surface area contributed by atoms with Crippen molar-refractivity contribution in [2.24, 2.45) is 0 Å². The van der Waals surface area contributed by atoms with Crippen LogP contribution in [0.5, 0.6) is 0 Å². The normalized spacial score (nSPS) is 11.6. The van der Waals surface area contributed by atoms with Gasteiger partial charge < -0.3 is 10.6 Å². The number of nitrogens with two attached hydrogens (primary N) is 1. The summed E-state index contributed by atoms with van der Waals surface area (Å²) in [7, 11) is 1.61. The highest BCUT2D eigenvalue weighted by Gasteiger charge is 2.35. The number of halogens is 3. The Hall–Kier alpha value is -1.90. The Morgan fingerprint density at radius 1 is 1.37 bits per heavy atom. The molecule has 19 heavy (non-hydrogen) atoms. The molecule has 2 aromatic heterocycles. The number of aromatic nitrogens is 3. The van der Waals surface area contributed by atoms with Gasteiger partial charge in [-0.15, -0.1) is 11.3 Å². The molecule has 0 atom stereocenters. The monoisotopic (exact) mass is 289 g/mol. The van der Waals surface area contributed by atoms with Gasteiger partial charge in [0.15, 0.2) is 0 Å². The molecule has 0 aliphatic carbocycles. The molecule has 0 spiro atoms. The van der Waals surface area contributed by atoms with E-state index in [-0.39, 0.29) is 11.6 Å². The Morgan fingerprint density at radius 2 is 2.11 bits per heavy atom. The molecule has 5 nitrogen and oxygen atoms in total. The van der Waals surface area contributed by atoms with Gasteiger partial charge >= 0.3 is 6.18 Å². The zero-order valence-electron chi connectivity index (χ0n) is 9.85. The fourth-order valence-corrected chi connectivity index (χ4v) is 1.96. The standard InChI is InChI=1S/C10H10F3N5S/c1-18(3-6-4-19-5-15-6)8-2-7(14)16-9(17-8)10(11,12)13/h2,4-5H,3H2,1H3,(H2,14,16,17). The molecule has 0 radical (unpaired) electrons. The lowest BCUT2D eigenvalue weighted by Crippen LogP contribution is -2.21. The maximum Gasteiger partial charge on any atom is 0.451 e. The lowest BCUT2D eigenvalue weighted by atomic mass is 10.4. The van der Waals surface area contributed by atoms with Gasteiger partial charge in [0, 0.05) is 18.5 Å². The second-order valence-corrected chi connectivity index (χ2v) is 4.53. The maximum absolute atomic E-state index is 12.6. The molecule has 0 aliphatic heterocycles. The number of rotatable bonds is 3. The van der Waals surface area contributed by atoms with Crippen molar-refractivity contribution in [3.05, 3.63) is 28.5 Å². The minimum absolute atomic E-state index is 0.104. The maximum atomic E-state index is 12.6. The average molecular weight is 289 g/mol. The molecule has 0 unspecified atom stereocenters. The second-order valence-electron chi connectivity index (χ2n) is 3.81. The van der Waals surface area contributed by atoms with Gasteiger partial charge in [-0.1, -0.05) is 0 Å². The first-order valence-corrected chi connectivity index (χ1v) is 6.10. The van der Waals surface area contributed by atoms with Crippen LogP contribution in [0.25, 0.3) is 0 Å². The number of thiazole rings is 1. The predicted molar refractivity (Wildman–Crippen MR) is 65.7 cm³/mol. The smallest absolute Gasteiger partial charge is 0.384 e. The lowest BCUT2D eigenvalue weighted by molar-refractivity contribution is -0.144. The van der Waals surface area contributed by atoms with Crippen molar-refractivity contribution in [2.75, 3.05) is 17.7 Å². The van der Waals surface area contributed by atoms with E-state index in [0.29, 0.717) is 6.54 Å². The number of nitrogens with zero attached hydrogens (tertiary/aromatic N) is 4. The highest BCUT2D eigenvalue weighted by atomic mass is 32.1. The van der Waals surface area contributed by atoms with Crippen LogP contribution in [-0.2, 0) is 12.7 Å². The third kappa shape index (κ3) is 3.31. The highest BCUT2D eigenvalue weighted by molar-refractivity contribution is 7.07. The van der Waals surface area contributed by atoms with Crippen molar-refractivity contribution < 1.29 is 13.2 Å². The molecule has 0 aliphatic rings. The summed E-state index contributed by atoms with van der Waals surface area (Å²) in [6.45, 7) is 0.344. The number of hydrogen-bond donors (Lipinski definition) is 1. The molecule has 2 N–H and O–H groups in total. The summed E-state index contributed by atoms with van der Waals surface area (Å²) in [6, 6.07) is 1.29. The van der Waals surface area contributed by atoms with Gasteiger partial charge in [0.1, 0.15) is 11.6 Å². The van der Waals surface area contributed by atoms with Crippen molar-refractivity contribution in [3.8, 4) is 0 Å². The molecule has 0 bridgehead atoms. The van der Waals surface area contributed by atoms with Crippen LogP contribution in [0.4, 0.5) is 24.8 Å². The molecular formula is C10H10F3N5S. The Balaban J connectivity index is 2.26. The van der Waals surface area contributed by atoms with Crippen LogP contribution in [0.3, 0.4) is 0 Å². The van der Waals surface area contributed by atoms with E-state index in [1.54, 1.807) is 12.6 Å². The summed E-state index contributed by atoms with van der Waals surface area (Å²) in [5, 5.41) is 1.81. The van der Waals surface area contributed by atoms with Crippen molar-refractivity contribution >= 4 is 23.0 Å². The second kappa shape index (κ2) is 5.00. The molecule has 2 rings (SSSR count). The van der Waals surface area contributed by atoms with Crippen LogP contribution in [0.15, 0.2) is 17.0 Å². The topological polar surface area (TPSA) is 67.9 Å². The number of alkyl halides is 3. The zero-order chi connectivity index (χ0) is 14.0. The minimum atomic E-state index is -4.62. The van der Waals surface area contributed by atoms with Gasteiger partial charge in [-0.25, -0.2) is 15.0 Å². The van der Waals surface area contributed by atoms with E-state index in [1.807, 2.05) is 5.38 Å². The molecular weight excluding hydrogens is 279 g/mol. The van der Waals surface area contributed by atoms with Crippen LogP contribution in [-0.4, -0.2) is 22.0 Å². The Kier molecular flexibility index (Phi) is 3.56. The molecule has 2 aromatic rings. The zero-order valence-corrected chi connectivity index (χ0v) is 10.7. The van der Waals surface area contributed by atoms with E-state index < -0.39 is 12.0 Å². The predicted octanol–water partition coefficient (Wildman–Crippen LogP) is 2.17. The van der Waals surface area contributed by atoms with Crippen LogP contribution in [0, 0.1) is 0 Å². The number of hydrogen-bond acceptors (Lipinski definition) is 6. The first-order valence-electron chi connectivity index (χ1n) is 5.16. The van der Waals surface area contributed by atoms with E-state index in [0.717, 1.165) is 5.69 Å². The van der Waals surface area contributed by atoms with Gasteiger partial charge in [0.25, 0.3) is 0 Å². The summed E-state index contributed by atoms with van der Waals surface area (Å²) < 4.78 is 37.7. The van der Waals surface area contributed by atoms with Crippen LogP contribution >= 0.6 is 11.3 Å². The summed E-state index contributed by atoms with van der Waals surface area (Å²) in [5.74, 6) is -1.36. The molecule has 0 amide bonds. The van der Waals surface area contributed by atoms with Gasteiger partial charge in [-0.2, -0.15) is 13.2 Å². The van der Waals surface area contributed by atoms with E-state index in [4.69, 9.17) is 5.73 Å². The van der Waals surface area contributed by atoms with E-state index in [2.05, 4.69) is 15.0 Å². The summed E-state index contributed by atoms with van der Waals surface area (Å²) >= 11 is 1.41. The Bertz CT molecular complexity index is 555. The molecule has 0 fully saturated rings.